The van der Waals surface area contributed by atoms with Crippen molar-refractivity contribution in [3.05, 3.63) is 29.8 Å². The molecule has 1 N–H and O–H groups in total. The van der Waals surface area contributed by atoms with E-state index in [0.717, 1.165) is 24.5 Å². The first-order chi connectivity index (χ1) is 8.09. The Morgan fingerprint density at radius 3 is 2.76 bits per heavy atom. The zero-order valence-corrected chi connectivity index (χ0v) is 11.7. The van der Waals surface area contributed by atoms with Crippen molar-refractivity contribution < 1.29 is 9.84 Å². The quantitative estimate of drug-likeness (QED) is 0.757. The lowest BCUT2D eigenvalue weighted by atomic mass is 10.2. The van der Waals surface area contributed by atoms with Gasteiger partial charge in [0.05, 0.1) is 12.7 Å². The number of ether oxygens (including phenoxy) is 1. The van der Waals surface area contributed by atoms with Crippen LogP contribution in [-0.2, 0) is 0 Å². The van der Waals surface area contributed by atoms with Crippen LogP contribution in [0.1, 0.15) is 25.8 Å². The first-order valence-electron chi connectivity index (χ1n) is 6.08. The molecule has 0 aliphatic carbocycles. The van der Waals surface area contributed by atoms with Crippen LogP contribution in [0.2, 0.25) is 0 Å². The van der Waals surface area contributed by atoms with Gasteiger partial charge in [-0.15, -0.1) is 0 Å². The molecule has 1 aromatic rings. The van der Waals surface area contributed by atoms with Gasteiger partial charge in [0, 0.05) is 5.25 Å². The van der Waals surface area contributed by atoms with E-state index >= 15 is 0 Å². The Morgan fingerprint density at radius 2 is 2.12 bits per heavy atom. The SMILES string of the molecule is Cc1cccc(OCCCSC(C)C(C)O)c1. The van der Waals surface area contributed by atoms with Gasteiger partial charge >= 0.3 is 0 Å². The third-order valence-corrected chi connectivity index (χ3v) is 4.05. The Hall–Kier alpha value is -0.670. The summed E-state index contributed by atoms with van der Waals surface area (Å²) in [6, 6.07) is 8.10. The summed E-state index contributed by atoms with van der Waals surface area (Å²) >= 11 is 1.79. The Balaban J connectivity index is 2.12. The van der Waals surface area contributed by atoms with Gasteiger partial charge in [0.1, 0.15) is 5.75 Å². The lowest BCUT2D eigenvalue weighted by molar-refractivity contribution is 0.196. The molecule has 2 unspecified atom stereocenters. The second-order valence-electron chi connectivity index (χ2n) is 4.34. The van der Waals surface area contributed by atoms with Crippen molar-refractivity contribution in [1.82, 2.24) is 0 Å². The van der Waals surface area contributed by atoms with Crippen LogP contribution in [0.25, 0.3) is 0 Å². The largest absolute Gasteiger partial charge is 0.494 e. The van der Waals surface area contributed by atoms with E-state index in [1.54, 1.807) is 11.8 Å². The molecule has 0 amide bonds. The molecule has 0 aromatic heterocycles. The Morgan fingerprint density at radius 1 is 1.35 bits per heavy atom. The zero-order valence-electron chi connectivity index (χ0n) is 10.8. The highest BCUT2D eigenvalue weighted by Crippen LogP contribution is 2.16. The van der Waals surface area contributed by atoms with Crippen molar-refractivity contribution in [3.8, 4) is 5.75 Å². The van der Waals surface area contributed by atoms with Gasteiger partial charge in [-0.25, -0.2) is 0 Å². The van der Waals surface area contributed by atoms with E-state index in [9.17, 15) is 5.11 Å². The highest BCUT2D eigenvalue weighted by Gasteiger charge is 2.08. The fraction of sp³-hybridized carbons (Fsp3) is 0.571. The van der Waals surface area contributed by atoms with Crippen molar-refractivity contribution in [3.63, 3.8) is 0 Å². The average Bonchev–Trinajstić information content (AvgIpc) is 2.28. The first-order valence-corrected chi connectivity index (χ1v) is 7.13. The molecule has 0 saturated carbocycles. The smallest absolute Gasteiger partial charge is 0.119 e. The molecule has 0 spiro atoms. The number of rotatable bonds is 7. The second-order valence-corrected chi connectivity index (χ2v) is 5.82. The lowest BCUT2D eigenvalue weighted by Crippen LogP contribution is -2.16. The van der Waals surface area contributed by atoms with Crippen LogP contribution >= 0.6 is 11.8 Å². The topological polar surface area (TPSA) is 29.5 Å². The fourth-order valence-electron chi connectivity index (χ4n) is 1.36. The second kappa shape index (κ2) is 7.62. The standard InChI is InChI=1S/C14H22O2S/c1-11-6-4-7-14(10-11)16-8-5-9-17-13(3)12(2)15/h4,6-7,10,12-13,15H,5,8-9H2,1-3H3. The minimum atomic E-state index is -0.238. The summed E-state index contributed by atoms with van der Waals surface area (Å²) < 4.78 is 5.65. The third-order valence-electron chi connectivity index (χ3n) is 2.61. The molecular formula is C14H22O2S. The summed E-state index contributed by atoms with van der Waals surface area (Å²) in [5.74, 6) is 1.97. The number of aliphatic hydroxyl groups excluding tert-OH is 1. The maximum atomic E-state index is 9.33. The van der Waals surface area contributed by atoms with E-state index < -0.39 is 0 Å². The number of aliphatic hydroxyl groups is 1. The molecule has 1 aromatic carbocycles. The van der Waals surface area contributed by atoms with Crippen molar-refractivity contribution in [2.75, 3.05) is 12.4 Å². The molecule has 0 heterocycles. The van der Waals surface area contributed by atoms with Gasteiger partial charge in [0.25, 0.3) is 0 Å². The maximum Gasteiger partial charge on any atom is 0.119 e. The van der Waals surface area contributed by atoms with Crippen LogP contribution in [0.5, 0.6) is 5.75 Å². The van der Waals surface area contributed by atoms with Crippen LogP contribution < -0.4 is 4.74 Å². The van der Waals surface area contributed by atoms with Gasteiger partial charge < -0.3 is 9.84 Å². The van der Waals surface area contributed by atoms with Gasteiger partial charge in [-0.3, -0.25) is 0 Å². The molecule has 0 radical (unpaired) electrons. The first kappa shape index (κ1) is 14.4. The zero-order chi connectivity index (χ0) is 12.7. The minimum Gasteiger partial charge on any atom is -0.494 e. The minimum absolute atomic E-state index is 0.238. The van der Waals surface area contributed by atoms with E-state index in [2.05, 4.69) is 19.9 Å². The summed E-state index contributed by atoms with van der Waals surface area (Å²) in [5.41, 5.74) is 1.22. The van der Waals surface area contributed by atoms with Crippen LogP contribution in [0.3, 0.4) is 0 Å². The predicted molar refractivity (Wildman–Crippen MR) is 74.9 cm³/mol. The monoisotopic (exact) mass is 254 g/mol. The average molecular weight is 254 g/mol. The molecule has 17 heavy (non-hydrogen) atoms. The van der Waals surface area contributed by atoms with Crippen LogP contribution in [-0.4, -0.2) is 28.8 Å². The fourth-order valence-corrected chi connectivity index (χ4v) is 2.30. The number of hydrogen-bond acceptors (Lipinski definition) is 3. The van der Waals surface area contributed by atoms with Crippen molar-refractivity contribution in [2.24, 2.45) is 0 Å². The molecule has 0 aliphatic heterocycles. The highest BCUT2D eigenvalue weighted by atomic mass is 32.2. The van der Waals surface area contributed by atoms with Gasteiger partial charge in [-0.05, 0) is 43.7 Å². The van der Waals surface area contributed by atoms with Gasteiger partial charge in [0.2, 0.25) is 0 Å². The molecule has 0 saturated heterocycles. The van der Waals surface area contributed by atoms with Crippen molar-refractivity contribution in [1.29, 1.82) is 0 Å². The summed E-state index contributed by atoms with van der Waals surface area (Å²) in [7, 11) is 0. The molecule has 0 bridgehead atoms. The molecule has 2 atom stereocenters. The Bertz CT molecular complexity index is 326. The van der Waals surface area contributed by atoms with Crippen LogP contribution in [0.4, 0.5) is 0 Å². The summed E-state index contributed by atoms with van der Waals surface area (Å²) in [4.78, 5) is 0. The van der Waals surface area contributed by atoms with E-state index in [1.165, 1.54) is 5.56 Å². The number of hydrogen-bond donors (Lipinski definition) is 1. The van der Waals surface area contributed by atoms with Crippen molar-refractivity contribution in [2.45, 2.75) is 38.5 Å². The Labute approximate surface area is 108 Å². The van der Waals surface area contributed by atoms with Crippen LogP contribution in [0.15, 0.2) is 24.3 Å². The summed E-state index contributed by atoms with van der Waals surface area (Å²) in [5, 5.41) is 9.63. The highest BCUT2D eigenvalue weighted by molar-refractivity contribution is 7.99. The molecule has 0 fully saturated rings. The third kappa shape index (κ3) is 5.99. The van der Waals surface area contributed by atoms with Gasteiger partial charge in [-0.1, -0.05) is 19.1 Å². The van der Waals surface area contributed by atoms with Crippen molar-refractivity contribution >= 4 is 11.8 Å². The van der Waals surface area contributed by atoms with E-state index in [-0.39, 0.29) is 6.10 Å². The molecule has 2 nitrogen and oxygen atoms in total. The normalized spacial score (nSPS) is 14.4. The van der Waals surface area contributed by atoms with Gasteiger partial charge in [-0.2, -0.15) is 11.8 Å². The molecule has 3 heteroatoms. The maximum absolute atomic E-state index is 9.33. The summed E-state index contributed by atoms with van der Waals surface area (Å²) in [6.45, 7) is 6.69. The number of benzene rings is 1. The predicted octanol–water partition coefficient (Wildman–Crippen LogP) is 3.27. The van der Waals surface area contributed by atoms with E-state index in [1.807, 2.05) is 25.1 Å². The number of aryl methyl sites for hydroxylation is 1. The molecule has 1 rings (SSSR count). The Kier molecular flexibility index (Phi) is 6.45. The molecular weight excluding hydrogens is 232 g/mol. The van der Waals surface area contributed by atoms with Crippen LogP contribution in [0, 0.1) is 6.92 Å². The van der Waals surface area contributed by atoms with E-state index in [0.29, 0.717) is 5.25 Å². The van der Waals surface area contributed by atoms with E-state index in [4.69, 9.17) is 4.74 Å². The summed E-state index contributed by atoms with van der Waals surface area (Å²) in [6.07, 6.45) is 0.771. The molecule has 96 valence electrons. The lowest BCUT2D eigenvalue weighted by Gasteiger charge is -2.13. The van der Waals surface area contributed by atoms with Gasteiger partial charge in [0.15, 0.2) is 0 Å². The number of thioether (sulfide) groups is 1. The molecule has 0 aliphatic rings.